The molecule has 1 fully saturated rings. The number of rotatable bonds is 5. The van der Waals surface area contributed by atoms with Gasteiger partial charge in [0.25, 0.3) is 0 Å². The summed E-state index contributed by atoms with van der Waals surface area (Å²) in [7, 11) is -1.50. The van der Waals surface area contributed by atoms with Gasteiger partial charge in [-0.25, -0.2) is 21.1 Å². The van der Waals surface area contributed by atoms with Gasteiger partial charge in [-0.2, -0.15) is 0 Å². The van der Waals surface area contributed by atoms with Crippen LogP contribution in [0.2, 0.25) is 0 Å². The summed E-state index contributed by atoms with van der Waals surface area (Å²) in [6, 6.07) is 6.78. The fourth-order valence-electron chi connectivity index (χ4n) is 2.56. The fourth-order valence-corrected chi connectivity index (χ4v) is 5.33. The normalized spacial score (nSPS) is 21.6. The minimum absolute atomic E-state index is 0.000822. The van der Waals surface area contributed by atoms with Crippen molar-refractivity contribution in [2.24, 2.45) is 0 Å². The molecule has 1 saturated heterocycles. The number of sulfone groups is 1. The molecule has 0 bridgehead atoms. The second-order valence-electron chi connectivity index (χ2n) is 5.91. The van der Waals surface area contributed by atoms with Crippen molar-refractivity contribution in [2.45, 2.75) is 23.9 Å². The van der Waals surface area contributed by atoms with Crippen LogP contribution in [-0.4, -0.2) is 64.7 Å². The highest BCUT2D eigenvalue weighted by molar-refractivity contribution is 7.91. The van der Waals surface area contributed by atoms with Crippen LogP contribution in [0.4, 0.5) is 0 Å². The molecule has 1 aromatic rings. The van der Waals surface area contributed by atoms with Gasteiger partial charge in [-0.3, -0.25) is 4.90 Å². The van der Waals surface area contributed by atoms with Crippen LogP contribution in [-0.2, 0) is 26.4 Å². The number of hydrogen-bond acceptors (Lipinski definition) is 5. The molecule has 1 atom stereocenters. The Bertz CT molecular complexity index is 742. The van der Waals surface area contributed by atoms with E-state index in [1.165, 1.54) is 18.4 Å². The highest BCUT2D eigenvalue weighted by atomic mass is 32.2. The molecule has 22 heavy (non-hydrogen) atoms. The van der Waals surface area contributed by atoms with Crippen molar-refractivity contribution >= 4 is 19.9 Å². The zero-order valence-corrected chi connectivity index (χ0v) is 14.7. The van der Waals surface area contributed by atoms with E-state index in [-0.39, 0.29) is 22.4 Å². The highest BCUT2D eigenvalue weighted by Crippen LogP contribution is 2.20. The second-order valence-corrected chi connectivity index (χ2v) is 10.3. The van der Waals surface area contributed by atoms with E-state index in [1.807, 2.05) is 18.0 Å². The van der Waals surface area contributed by atoms with E-state index in [4.69, 9.17) is 0 Å². The Morgan fingerprint density at radius 1 is 1.23 bits per heavy atom. The maximum atomic E-state index is 12.1. The zero-order valence-electron chi connectivity index (χ0n) is 13.1. The van der Waals surface area contributed by atoms with Crippen molar-refractivity contribution in [3.8, 4) is 0 Å². The molecule has 0 aromatic heterocycles. The molecule has 0 spiro atoms. The number of nitrogens with zero attached hydrogens (tertiary/aromatic N) is 2. The predicted octanol–water partition coefficient (Wildman–Crippen LogP) is 0.556. The molecule has 0 saturated carbocycles. The SMILES string of the molecule is CN(Cc1cccc(S(=O)(=O)N(C)C)c1)C1CCS(=O)(=O)C1. The van der Waals surface area contributed by atoms with Gasteiger partial charge >= 0.3 is 0 Å². The number of sulfonamides is 1. The molecule has 0 radical (unpaired) electrons. The molecule has 6 nitrogen and oxygen atoms in total. The van der Waals surface area contributed by atoms with Gasteiger partial charge in [0.05, 0.1) is 16.4 Å². The molecule has 2 rings (SSSR count). The Labute approximate surface area is 132 Å². The first-order chi connectivity index (χ1) is 10.1. The van der Waals surface area contributed by atoms with Gasteiger partial charge in [-0.15, -0.1) is 0 Å². The smallest absolute Gasteiger partial charge is 0.242 e. The third-order valence-corrected chi connectivity index (χ3v) is 7.50. The third-order valence-electron chi connectivity index (χ3n) is 3.94. The van der Waals surface area contributed by atoms with Crippen molar-refractivity contribution in [1.82, 2.24) is 9.21 Å². The van der Waals surface area contributed by atoms with Gasteiger partial charge in [-0.05, 0) is 31.2 Å². The summed E-state index contributed by atoms with van der Waals surface area (Å²) in [6.07, 6.45) is 0.633. The third kappa shape index (κ3) is 3.87. The van der Waals surface area contributed by atoms with Crippen LogP contribution in [0.1, 0.15) is 12.0 Å². The van der Waals surface area contributed by atoms with Crippen LogP contribution in [0.25, 0.3) is 0 Å². The minimum atomic E-state index is -3.45. The summed E-state index contributed by atoms with van der Waals surface area (Å²) in [5.41, 5.74) is 0.856. The summed E-state index contributed by atoms with van der Waals surface area (Å²) in [6.45, 7) is 0.525. The lowest BCUT2D eigenvalue weighted by molar-refractivity contribution is 0.254. The molecule has 8 heteroatoms. The van der Waals surface area contributed by atoms with Crippen LogP contribution in [0, 0.1) is 0 Å². The molecule has 0 amide bonds. The van der Waals surface area contributed by atoms with E-state index < -0.39 is 19.9 Å². The first kappa shape index (κ1) is 17.4. The maximum Gasteiger partial charge on any atom is 0.242 e. The van der Waals surface area contributed by atoms with Gasteiger partial charge in [-0.1, -0.05) is 12.1 Å². The largest absolute Gasteiger partial charge is 0.298 e. The predicted molar refractivity (Wildman–Crippen MR) is 85.8 cm³/mol. The van der Waals surface area contributed by atoms with Crippen LogP contribution >= 0.6 is 0 Å². The van der Waals surface area contributed by atoms with Crippen molar-refractivity contribution < 1.29 is 16.8 Å². The average Bonchev–Trinajstić information content (AvgIpc) is 2.79. The summed E-state index contributed by atoms with van der Waals surface area (Å²) in [5.74, 6) is 0.413. The topological polar surface area (TPSA) is 74.8 Å². The summed E-state index contributed by atoms with van der Waals surface area (Å²) in [5, 5.41) is 0. The van der Waals surface area contributed by atoms with Crippen LogP contribution in [0.3, 0.4) is 0 Å². The molecular weight excluding hydrogens is 324 g/mol. The van der Waals surface area contributed by atoms with Crippen LogP contribution < -0.4 is 0 Å². The van der Waals surface area contributed by atoms with E-state index in [1.54, 1.807) is 18.2 Å². The van der Waals surface area contributed by atoms with E-state index >= 15 is 0 Å². The van der Waals surface area contributed by atoms with Gasteiger partial charge in [0, 0.05) is 26.7 Å². The summed E-state index contributed by atoms with van der Waals surface area (Å²) in [4.78, 5) is 2.23. The van der Waals surface area contributed by atoms with Crippen LogP contribution in [0.5, 0.6) is 0 Å². The molecular formula is C14H22N2O4S2. The Morgan fingerprint density at radius 3 is 2.45 bits per heavy atom. The lowest BCUT2D eigenvalue weighted by Gasteiger charge is -2.23. The Kier molecular flexibility index (Phi) is 4.96. The standard InChI is InChI=1S/C14H22N2O4S2/c1-15(2)22(19,20)14-6-4-5-12(9-14)10-16(3)13-7-8-21(17,18)11-13/h4-6,9,13H,7-8,10-11H2,1-3H3. The fraction of sp³-hybridized carbons (Fsp3) is 0.571. The van der Waals surface area contributed by atoms with Crippen molar-refractivity contribution in [2.75, 3.05) is 32.6 Å². The molecule has 0 aliphatic carbocycles. The van der Waals surface area contributed by atoms with E-state index in [2.05, 4.69) is 0 Å². The number of benzene rings is 1. The average molecular weight is 346 g/mol. The Morgan fingerprint density at radius 2 is 1.91 bits per heavy atom. The van der Waals surface area contributed by atoms with Crippen molar-refractivity contribution in [3.63, 3.8) is 0 Å². The van der Waals surface area contributed by atoms with E-state index in [0.29, 0.717) is 13.0 Å². The van der Waals surface area contributed by atoms with E-state index in [0.717, 1.165) is 5.56 Å². The van der Waals surface area contributed by atoms with Gasteiger partial charge < -0.3 is 0 Å². The second kappa shape index (κ2) is 6.27. The van der Waals surface area contributed by atoms with Crippen LogP contribution in [0.15, 0.2) is 29.2 Å². The zero-order chi connectivity index (χ0) is 16.5. The summed E-state index contributed by atoms with van der Waals surface area (Å²) < 4.78 is 48.6. The Hall–Kier alpha value is -0.960. The molecule has 1 unspecified atom stereocenters. The highest BCUT2D eigenvalue weighted by Gasteiger charge is 2.30. The van der Waals surface area contributed by atoms with Crippen molar-refractivity contribution in [3.05, 3.63) is 29.8 Å². The van der Waals surface area contributed by atoms with Gasteiger partial charge in [0.15, 0.2) is 9.84 Å². The lowest BCUT2D eigenvalue weighted by Crippen LogP contribution is -2.32. The van der Waals surface area contributed by atoms with E-state index in [9.17, 15) is 16.8 Å². The van der Waals surface area contributed by atoms with Gasteiger partial charge in [0.1, 0.15) is 0 Å². The first-order valence-electron chi connectivity index (χ1n) is 7.04. The lowest BCUT2D eigenvalue weighted by atomic mass is 10.1. The molecule has 1 aromatic carbocycles. The first-order valence-corrected chi connectivity index (χ1v) is 10.3. The van der Waals surface area contributed by atoms with Crippen molar-refractivity contribution in [1.29, 1.82) is 0 Å². The molecule has 1 aliphatic rings. The molecule has 1 aliphatic heterocycles. The quantitative estimate of drug-likeness (QED) is 0.779. The molecule has 124 valence electrons. The summed E-state index contributed by atoms with van der Waals surface area (Å²) >= 11 is 0. The van der Waals surface area contributed by atoms with Gasteiger partial charge in [0.2, 0.25) is 10.0 Å². The molecule has 0 N–H and O–H groups in total. The maximum absolute atomic E-state index is 12.1. The minimum Gasteiger partial charge on any atom is -0.298 e. The number of hydrogen-bond donors (Lipinski definition) is 0. The molecule has 1 heterocycles. The monoisotopic (exact) mass is 346 g/mol. The Balaban J connectivity index is 2.14.